The van der Waals surface area contributed by atoms with E-state index in [1.165, 1.54) is 6.20 Å². The van der Waals surface area contributed by atoms with Gasteiger partial charge in [-0.15, -0.1) is 0 Å². The second kappa shape index (κ2) is 4.86. The van der Waals surface area contributed by atoms with Crippen molar-refractivity contribution >= 4 is 27.3 Å². The highest BCUT2D eigenvalue weighted by molar-refractivity contribution is 7.92. The van der Waals surface area contributed by atoms with Crippen molar-refractivity contribution in [1.82, 2.24) is 9.55 Å². The number of aromatic nitrogens is 2. The summed E-state index contributed by atoms with van der Waals surface area (Å²) in [5.74, 6) is 0.628. The Labute approximate surface area is 117 Å². The minimum absolute atomic E-state index is 0.00752. The quantitative estimate of drug-likeness (QED) is 0.947. The van der Waals surface area contributed by atoms with Crippen LogP contribution < -0.4 is 4.72 Å². The van der Waals surface area contributed by atoms with Gasteiger partial charge in [0.05, 0.1) is 5.69 Å². The van der Waals surface area contributed by atoms with Crippen LogP contribution in [-0.4, -0.2) is 18.0 Å². The molecule has 0 aliphatic rings. The normalized spacial score (nSPS) is 11.6. The zero-order valence-electron chi connectivity index (χ0n) is 10.8. The number of hydrogen-bond donors (Lipinski definition) is 1. The van der Waals surface area contributed by atoms with Crippen LogP contribution in [0.25, 0.3) is 0 Å². The highest BCUT2D eigenvalue weighted by Crippen LogP contribution is 2.25. The fourth-order valence-electron chi connectivity index (χ4n) is 1.57. The number of benzene rings is 1. The van der Waals surface area contributed by atoms with E-state index in [4.69, 9.17) is 11.6 Å². The zero-order valence-corrected chi connectivity index (χ0v) is 12.4. The van der Waals surface area contributed by atoms with Gasteiger partial charge in [-0.3, -0.25) is 4.72 Å². The molecule has 1 N–H and O–H groups in total. The summed E-state index contributed by atoms with van der Waals surface area (Å²) in [6, 6.07) is 5.06. The van der Waals surface area contributed by atoms with Crippen LogP contribution in [0.3, 0.4) is 0 Å². The van der Waals surface area contributed by atoms with Gasteiger partial charge >= 0.3 is 0 Å². The van der Waals surface area contributed by atoms with Crippen molar-refractivity contribution in [3.8, 4) is 0 Å². The molecule has 0 aliphatic carbocycles. The standard InChI is InChI=1S/C12H14ClN3O2S/c1-8-10(13)5-4-6-11(8)15-19(17,18)12-7-16(3)9(2)14-12/h4-7,15H,1-3H3. The number of anilines is 1. The number of imidazole rings is 1. The molecule has 0 aliphatic heterocycles. The number of halogens is 1. The molecule has 2 aromatic rings. The molecule has 19 heavy (non-hydrogen) atoms. The third-order valence-corrected chi connectivity index (χ3v) is 4.52. The summed E-state index contributed by atoms with van der Waals surface area (Å²) in [5, 5.41) is 0.504. The first-order valence-corrected chi connectivity index (χ1v) is 7.45. The average Bonchev–Trinajstić information content (AvgIpc) is 2.66. The molecule has 5 nitrogen and oxygen atoms in total. The molecule has 1 aromatic heterocycles. The molecule has 0 saturated carbocycles. The molecule has 0 fully saturated rings. The Morgan fingerprint density at radius 2 is 2.00 bits per heavy atom. The van der Waals surface area contributed by atoms with E-state index in [-0.39, 0.29) is 5.03 Å². The number of aryl methyl sites for hydroxylation is 2. The maximum Gasteiger partial charge on any atom is 0.280 e. The molecule has 0 atom stereocenters. The lowest BCUT2D eigenvalue weighted by atomic mass is 10.2. The minimum atomic E-state index is -3.69. The van der Waals surface area contributed by atoms with E-state index in [1.54, 1.807) is 43.7 Å². The van der Waals surface area contributed by atoms with Crippen molar-refractivity contribution in [3.63, 3.8) is 0 Å². The lowest BCUT2D eigenvalue weighted by Gasteiger charge is -2.09. The van der Waals surface area contributed by atoms with Crippen LogP contribution in [0.5, 0.6) is 0 Å². The Morgan fingerprint density at radius 3 is 2.58 bits per heavy atom. The number of rotatable bonds is 3. The van der Waals surface area contributed by atoms with Crippen LogP contribution in [0.15, 0.2) is 29.4 Å². The van der Waals surface area contributed by atoms with Gasteiger partial charge in [-0.05, 0) is 31.5 Å². The summed E-state index contributed by atoms with van der Waals surface area (Å²) in [6.07, 6.45) is 1.47. The molecule has 0 radical (unpaired) electrons. The summed E-state index contributed by atoms with van der Waals surface area (Å²) >= 11 is 5.96. The number of nitrogens with zero attached hydrogens (tertiary/aromatic N) is 2. The van der Waals surface area contributed by atoms with Gasteiger partial charge in [0.15, 0.2) is 5.03 Å². The molecule has 0 saturated heterocycles. The predicted octanol–water partition coefficient (Wildman–Crippen LogP) is 2.49. The molecule has 0 unspecified atom stereocenters. The maximum absolute atomic E-state index is 12.2. The molecule has 1 aromatic carbocycles. The van der Waals surface area contributed by atoms with Gasteiger partial charge in [-0.2, -0.15) is 8.42 Å². The van der Waals surface area contributed by atoms with E-state index in [0.717, 1.165) is 0 Å². The topological polar surface area (TPSA) is 64.0 Å². The third-order valence-electron chi connectivity index (χ3n) is 2.87. The second-order valence-corrected chi connectivity index (χ2v) is 6.29. The Balaban J connectivity index is 2.39. The van der Waals surface area contributed by atoms with E-state index >= 15 is 0 Å². The van der Waals surface area contributed by atoms with Gasteiger partial charge in [-0.1, -0.05) is 17.7 Å². The van der Waals surface area contributed by atoms with E-state index < -0.39 is 10.0 Å². The lowest BCUT2D eigenvalue weighted by molar-refractivity contribution is 0.598. The zero-order chi connectivity index (χ0) is 14.2. The second-order valence-electron chi connectivity index (χ2n) is 4.26. The molecular formula is C12H14ClN3O2S. The first-order chi connectivity index (χ1) is 8.81. The van der Waals surface area contributed by atoms with Crippen LogP contribution in [0, 0.1) is 13.8 Å². The van der Waals surface area contributed by atoms with Gasteiger partial charge in [0.1, 0.15) is 5.82 Å². The number of sulfonamides is 1. The van der Waals surface area contributed by atoms with Crippen LogP contribution in [0.2, 0.25) is 5.02 Å². The van der Waals surface area contributed by atoms with Crippen molar-refractivity contribution in [2.24, 2.45) is 7.05 Å². The summed E-state index contributed by atoms with van der Waals surface area (Å²) < 4.78 is 28.5. The minimum Gasteiger partial charge on any atom is -0.337 e. The first-order valence-electron chi connectivity index (χ1n) is 5.59. The first kappa shape index (κ1) is 13.9. The highest BCUT2D eigenvalue weighted by Gasteiger charge is 2.19. The fraction of sp³-hybridized carbons (Fsp3) is 0.250. The smallest absolute Gasteiger partial charge is 0.280 e. The largest absolute Gasteiger partial charge is 0.337 e. The Kier molecular flexibility index (Phi) is 3.56. The van der Waals surface area contributed by atoms with Crippen LogP contribution in [0.4, 0.5) is 5.69 Å². The van der Waals surface area contributed by atoms with Crippen molar-refractivity contribution in [2.75, 3.05) is 4.72 Å². The molecule has 2 rings (SSSR count). The van der Waals surface area contributed by atoms with Crippen LogP contribution >= 0.6 is 11.6 Å². The summed E-state index contributed by atoms with van der Waals surface area (Å²) in [4.78, 5) is 4.01. The van der Waals surface area contributed by atoms with Gasteiger partial charge in [-0.25, -0.2) is 4.98 Å². The van der Waals surface area contributed by atoms with Gasteiger partial charge < -0.3 is 4.57 Å². The average molecular weight is 300 g/mol. The Morgan fingerprint density at radius 1 is 1.32 bits per heavy atom. The van der Waals surface area contributed by atoms with Crippen molar-refractivity contribution in [2.45, 2.75) is 18.9 Å². The van der Waals surface area contributed by atoms with E-state index in [9.17, 15) is 8.42 Å². The van der Waals surface area contributed by atoms with Crippen LogP contribution in [-0.2, 0) is 17.1 Å². The highest BCUT2D eigenvalue weighted by atomic mass is 35.5. The van der Waals surface area contributed by atoms with Crippen molar-refractivity contribution in [3.05, 3.63) is 40.8 Å². The third kappa shape index (κ3) is 2.74. The molecule has 0 amide bonds. The number of nitrogens with one attached hydrogen (secondary N) is 1. The Hall–Kier alpha value is -1.53. The Bertz CT molecular complexity index is 703. The van der Waals surface area contributed by atoms with Gasteiger partial charge in [0.2, 0.25) is 0 Å². The van der Waals surface area contributed by atoms with E-state index in [1.807, 2.05) is 0 Å². The molecule has 0 bridgehead atoms. The summed E-state index contributed by atoms with van der Waals surface area (Å²) in [5.41, 5.74) is 1.14. The van der Waals surface area contributed by atoms with Crippen molar-refractivity contribution < 1.29 is 8.42 Å². The SMILES string of the molecule is Cc1c(Cl)cccc1NS(=O)(=O)c1cn(C)c(C)n1. The molecule has 102 valence electrons. The molecule has 7 heteroatoms. The fourth-order valence-corrected chi connectivity index (χ4v) is 2.91. The van der Waals surface area contributed by atoms with E-state index in [2.05, 4.69) is 9.71 Å². The van der Waals surface area contributed by atoms with E-state index in [0.29, 0.717) is 22.1 Å². The maximum atomic E-state index is 12.2. The molecule has 0 spiro atoms. The number of hydrogen-bond acceptors (Lipinski definition) is 3. The molecular weight excluding hydrogens is 286 g/mol. The lowest BCUT2D eigenvalue weighted by Crippen LogP contribution is -2.14. The van der Waals surface area contributed by atoms with Gasteiger partial charge in [0, 0.05) is 18.3 Å². The summed E-state index contributed by atoms with van der Waals surface area (Å²) in [7, 11) is -1.95. The van der Waals surface area contributed by atoms with Gasteiger partial charge in [0.25, 0.3) is 10.0 Å². The molecule has 1 heterocycles. The van der Waals surface area contributed by atoms with Crippen LogP contribution in [0.1, 0.15) is 11.4 Å². The summed E-state index contributed by atoms with van der Waals surface area (Å²) in [6.45, 7) is 3.49. The predicted molar refractivity (Wildman–Crippen MR) is 74.9 cm³/mol. The monoisotopic (exact) mass is 299 g/mol. The van der Waals surface area contributed by atoms with Crippen molar-refractivity contribution in [1.29, 1.82) is 0 Å².